The number of hydrogen-bond donors (Lipinski definition) is 0. The lowest BCUT2D eigenvalue weighted by molar-refractivity contribution is 0.0693. The van der Waals surface area contributed by atoms with E-state index >= 15 is 0 Å². The molecule has 0 aliphatic carbocycles. The Kier molecular flexibility index (Phi) is 3.45. The monoisotopic (exact) mass is 323 g/mol. The Bertz CT molecular complexity index is 896. The second-order valence-electron chi connectivity index (χ2n) is 5.88. The molecule has 1 aliphatic heterocycles. The van der Waals surface area contributed by atoms with Gasteiger partial charge in [0, 0.05) is 25.5 Å². The summed E-state index contributed by atoms with van der Waals surface area (Å²) in [6, 6.07) is 9.77. The summed E-state index contributed by atoms with van der Waals surface area (Å²) in [6.45, 7) is 4.52. The predicted octanol–water partition coefficient (Wildman–Crippen LogP) is 3.14. The highest BCUT2D eigenvalue weighted by Crippen LogP contribution is 2.27. The first kappa shape index (κ1) is 14.7. The predicted molar refractivity (Wildman–Crippen MR) is 86.4 cm³/mol. The second-order valence-corrected chi connectivity index (χ2v) is 5.88. The number of rotatable bonds is 2. The molecule has 0 radical (unpaired) electrons. The Morgan fingerprint density at radius 2 is 1.92 bits per heavy atom. The summed E-state index contributed by atoms with van der Waals surface area (Å²) in [5.74, 6) is 2.11. The van der Waals surface area contributed by atoms with Gasteiger partial charge in [-0.1, -0.05) is 18.2 Å². The van der Waals surface area contributed by atoms with Gasteiger partial charge in [-0.25, -0.2) is 9.97 Å². The van der Waals surface area contributed by atoms with Crippen LogP contribution in [0.25, 0.3) is 11.5 Å². The van der Waals surface area contributed by atoms with Gasteiger partial charge in [-0.05, 0) is 19.1 Å². The minimum atomic E-state index is -0.150. The number of aryl methyl sites for hydroxylation is 2. The van der Waals surface area contributed by atoms with Crippen LogP contribution in [0.2, 0.25) is 0 Å². The van der Waals surface area contributed by atoms with Crippen LogP contribution in [0.5, 0.6) is 0 Å². The van der Waals surface area contributed by atoms with E-state index in [4.69, 9.17) is 8.83 Å². The van der Waals surface area contributed by atoms with Gasteiger partial charge in [0.25, 0.3) is 5.91 Å². The van der Waals surface area contributed by atoms with Crippen LogP contribution in [0.4, 0.5) is 0 Å². The fourth-order valence-corrected chi connectivity index (χ4v) is 2.95. The summed E-state index contributed by atoms with van der Waals surface area (Å²) < 4.78 is 11.3. The number of aromatic nitrogens is 2. The van der Waals surface area contributed by atoms with Gasteiger partial charge in [-0.15, -0.1) is 0 Å². The Balaban J connectivity index is 1.59. The normalized spacial score (nSPS) is 13.8. The Labute approximate surface area is 139 Å². The van der Waals surface area contributed by atoms with Crippen molar-refractivity contribution in [2.24, 2.45) is 0 Å². The van der Waals surface area contributed by atoms with Crippen LogP contribution >= 0.6 is 0 Å². The summed E-state index contributed by atoms with van der Waals surface area (Å²) >= 11 is 0. The maximum Gasteiger partial charge on any atom is 0.291 e. The average molecular weight is 323 g/mol. The van der Waals surface area contributed by atoms with Crippen LogP contribution in [0, 0.1) is 13.8 Å². The molecule has 1 amide bonds. The highest BCUT2D eigenvalue weighted by atomic mass is 16.4. The van der Waals surface area contributed by atoms with Gasteiger partial charge in [0.05, 0.1) is 12.2 Å². The van der Waals surface area contributed by atoms with Crippen molar-refractivity contribution < 1.29 is 13.6 Å². The van der Waals surface area contributed by atoms with E-state index in [-0.39, 0.29) is 5.91 Å². The Morgan fingerprint density at radius 1 is 1.12 bits per heavy atom. The lowest BCUT2D eigenvalue weighted by atomic mass is 10.1. The van der Waals surface area contributed by atoms with E-state index in [1.165, 1.54) is 0 Å². The highest BCUT2D eigenvalue weighted by Gasteiger charge is 2.29. The molecule has 4 rings (SSSR count). The molecule has 1 aliphatic rings. The van der Waals surface area contributed by atoms with E-state index < -0.39 is 0 Å². The fourth-order valence-electron chi connectivity index (χ4n) is 2.95. The topological polar surface area (TPSA) is 72.4 Å². The number of fused-ring (bicyclic) bond motifs is 1. The third-order valence-electron chi connectivity index (χ3n) is 4.13. The molecule has 3 heterocycles. The molecular formula is C18H17N3O3. The molecule has 0 saturated heterocycles. The SMILES string of the molecule is Cc1nc(C)c(C(=O)N2CCc3oc(-c4ccccc4)nc3C2)o1. The summed E-state index contributed by atoms with van der Waals surface area (Å²) in [5.41, 5.74) is 2.36. The van der Waals surface area contributed by atoms with Crippen LogP contribution in [0.15, 0.2) is 39.2 Å². The molecule has 0 fully saturated rings. The Hall–Kier alpha value is -2.89. The molecule has 2 aromatic heterocycles. The van der Waals surface area contributed by atoms with Crippen LogP contribution in [-0.2, 0) is 13.0 Å². The molecule has 122 valence electrons. The van der Waals surface area contributed by atoms with Gasteiger partial charge in [0.2, 0.25) is 11.7 Å². The van der Waals surface area contributed by atoms with E-state index in [9.17, 15) is 4.79 Å². The molecular weight excluding hydrogens is 306 g/mol. The van der Waals surface area contributed by atoms with Gasteiger partial charge in [-0.3, -0.25) is 4.79 Å². The molecule has 6 heteroatoms. The van der Waals surface area contributed by atoms with Gasteiger partial charge < -0.3 is 13.7 Å². The summed E-state index contributed by atoms with van der Waals surface area (Å²) in [6.07, 6.45) is 0.646. The largest absolute Gasteiger partial charge is 0.441 e. The summed E-state index contributed by atoms with van der Waals surface area (Å²) in [5, 5.41) is 0. The highest BCUT2D eigenvalue weighted by molar-refractivity contribution is 5.92. The zero-order chi connectivity index (χ0) is 16.7. The fraction of sp³-hybridized carbons (Fsp3) is 0.278. The molecule has 0 unspecified atom stereocenters. The summed E-state index contributed by atoms with van der Waals surface area (Å²) in [4.78, 5) is 23.1. The quantitative estimate of drug-likeness (QED) is 0.724. The third kappa shape index (κ3) is 2.50. The lowest BCUT2D eigenvalue weighted by Gasteiger charge is -2.24. The second kappa shape index (κ2) is 5.63. The van der Waals surface area contributed by atoms with Crippen LogP contribution in [0.3, 0.4) is 0 Å². The molecule has 1 aromatic carbocycles. The lowest BCUT2D eigenvalue weighted by Crippen LogP contribution is -2.36. The molecule has 0 saturated carbocycles. The van der Waals surface area contributed by atoms with Crippen LogP contribution in [-0.4, -0.2) is 27.3 Å². The van der Waals surface area contributed by atoms with Crippen LogP contribution < -0.4 is 0 Å². The minimum Gasteiger partial charge on any atom is -0.441 e. The minimum absolute atomic E-state index is 0.150. The van der Waals surface area contributed by atoms with Crippen molar-refractivity contribution in [2.45, 2.75) is 26.8 Å². The van der Waals surface area contributed by atoms with Crippen molar-refractivity contribution in [3.63, 3.8) is 0 Å². The molecule has 24 heavy (non-hydrogen) atoms. The van der Waals surface area contributed by atoms with Gasteiger partial charge in [0.15, 0.2) is 5.89 Å². The number of hydrogen-bond acceptors (Lipinski definition) is 5. The number of amides is 1. The number of nitrogens with zero attached hydrogens (tertiary/aromatic N) is 3. The first-order valence-corrected chi connectivity index (χ1v) is 7.89. The molecule has 0 spiro atoms. The third-order valence-corrected chi connectivity index (χ3v) is 4.13. The average Bonchev–Trinajstić information content (AvgIpc) is 3.17. The van der Waals surface area contributed by atoms with Crippen molar-refractivity contribution >= 4 is 5.91 Å². The maximum absolute atomic E-state index is 12.7. The number of carbonyl (C=O) groups excluding carboxylic acids is 1. The first-order valence-electron chi connectivity index (χ1n) is 7.89. The van der Waals surface area contributed by atoms with Crippen molar-refractivity contribution in [3.05, 3.63) is 59.1 Å². The first-order chi connectivity index (χ1) is 11.6. The van der Waals surface area contributed by atoms with E-state index in [1.807, 2.05) is 30.3 Å². The van der Waals surface area contributed by atoms with Crippen molar-refractivity contribution in [1.29, 1.82) is 0 Å². The number of carbonyl (C=O) groups is 1. The summed E-state index contributed by atoms with van der Waals surface area (Å²) in [7, 11) is 0. The zero-order valence-corrected chi connectivity index (χ0v) is 13.6. The van der Waals surface area contributed by atoms with Gasteiger partial charge in [0.1, 0.15) is 11.5 Å². The molecule has 0 N–H and O–H groups in total. The standard InChI is InChI=1S/C18H17N3O3/c1-11-16(23-12(2)19-11)18(22)21-9-8-15-14(10-21)20-17(24-15)13-6-4-3-5-7-13/h3-7H,8-10H2,1-2H3. The number of benzene rings is 1. The molecule has 3 aromatic rings. The van der Waals surface area contributed by atoms with Crippen molar-refractivity contribution in [2.75, 3.05) is 6.54 Å². The zero-order valence-electron chi connectivity index (χ0n) is 13.6. The van der Waals surface area contributed by atoms with Crippen molar-refractivity contribution in [1.82, 2.24) is 14.9 Å². The van der Waals surface area contributed by atoms with E-state index in [0.29, 0.717) is 42.7 Å². The van der Waals surface area contributed by atoms with Crippen molar-refractivity contribution in [3.8, 4) is 11.5 Å². The van der Waals surface area contributed by atoms with Gasteiger partial charge >= 0.3 is 0 Å². The van der Waals surface area contributed by atoms with E-state index in [2.05, 4.69) is 9.97 Å². The molecule has 6 nitrogen and oxygen atoms in total. The smallest absolute Gasteiger partial charge is 0.291 e. The molecule has 0 atom stereocenters. The number of oxazole rings is 2. The maximum atomic E-state index is 12.7. The van der Waals surface area contributed by atoms with Crippen LogP contribution in [0.1, 0.15) is 33.6 Å². The van der Waals surface area contributed by atoms with E-state index in [1.54, 1.807) is 18.7 Å². The molecule has 0 bridgehead atoms. The Morgan fingerprint density at radius 3 is 2.62 bits per heavy atom. The van der Waals surface area contributed by atoms with Gasteiger partial charge in [-0.2, -0.15) is 0 Å². The van der Waals surface area contributed by atoms with E-state index in [0.717, 1.165) is 17.0 Å².